The molecule has 2 aliphatic rings. The summed E-state index contributed by atoms with van der Waals surface area (Å²) >= 11 is 0. The van der Waals surface area contributed by atoms with Crippen molar-refractivity contribution in [2.75, 3.05) is 11.9 Å². The van der Waals surface area contributed by atoms with Crippen molar-refractivity contribution in [1.29, 1.82) is 0 Å². The van der Waals surface area contributed by atoms with Crippen LogP contribution in [-0.4, -0.2) is 50.5 Å². The maximum atomic E-state index is 12.5. The van der Waals surface area contributed by atoms with Crippen LogP contribution in [0.4, 0.5) is 5.69 Å². The molecule has 190 valence electrons. The zero-order valence-electron chi connectivity index (χ0n) is 20.0. The summed E-state index contributed by atoms with van der Waals surface area (Å²) in [5, 5.41) is 14.6. The first-order chi connectivity index (χ1) is 17.3. The second-order valence-electron chi connectivity index (χ2n) is 9.06. The SMILES string of the molecule is C[C@H](N)C1CCCCC1.O=C1COc2ccc(CNC(=O)c3ncnc4c(C(=O)O)c[nH]c34)cc2N1. The smallest absolute Gasteiger partial charge is 0.339 e. The minimum absolute atomic E-state index is 0.0265. The van der Waals surface area contributed by atoms with Gasteiger partial charge in [-0.3, -0.25) is 9.59 Å². The molecule has 3 heterocycles. The van der Waals surface area contributed by atoms with Crippen LogP contribution in [0.1, 0.15) is 65.4 Å². The summed E-state index contributed by atoms with van der Waals surface area (Å²) in [6.45, 7) is 2.29. The van der Waals surface area contributed by atoms with Gasteiger partial charge >= 0.3 is 5.97 Å². The minimum atomic E-state index is -1.15. The van der Waals surface area contributed by atoms with E-state index in [9.17, 15) is 14.4 Å². The number of nitrogens with two attached hydrogens (primary N) is 1. The fourth-order valence-electron chi connectivity index (χ4n) is 4.44. The van der Waals surface area contributed by atoms with Crippen LogP contribution in [0, 0.1) is 5.92 Å². The van der Waals surface area contributed by atoms with Gasteiger partial charge in [0.05, 0.1) is 11.2 Å². The summed E-state index contributed by atoms with van der Waals surface area (Å²) in [7, 11) is 0. The third-order valence-electron chi connectivity index (χ3n) is 6.43. The van der Waals surface area contributed by atoms with Gasteiger partial charge in [0.1, 0.15) is 23.2 Å². The average molecular weight is 495 g/mol. The van der Waals surface area contributed by atoms with Crippen molar-refractivity contribution in [1.82, 2.24) is 20.3 Å². The van der Waals surface area contributed by atoms with E-state index in [4.69, 9.17) is 15.6 Å². The molecule has 36 heavy (non-hydrogen) atoms. The van der Waals surface area contributed by atoms with Crippen molar-refractivity contribution < 1.29 is 24.2 Å². The number of hydrogen-bond acceptors (Lipinski definition) is 7. The average Bonchev–Trinajstić information content (AvgIpc) is 3.32. The van der Waals surface area contributed by atoms with Crippen molar-refractivity contribution in [3.8, 4) is 5.75 Å². The third kappa shape index (κ3) is 5.80. The molecule has 0 unspecified atom stereocenters. The number of aromatic amines is 1. The van der Waals surface area contributed by atoms with Crippen LogP contribution >= 0.6 is 0 Å². The molecule has 11 nitrogen and oxygen atoms in total. The molecule has 2 amide bonds. The Hall–Kier alpha value is -3.99. The van der Waals surface area contributed by atoms with Crippen LogP contribution in [0.2, 0.25) is 0 Å². The van der Waals surface area contributed by atoms with Crippen molar-refractivity contribution >= 4 is 34.5 Å². The molecule has 0 radical (unpaired) electrons. The molecule has 1 atom stereocenters. The van der Waals surface area contributed by atoms with E-state index < -0.39 is 11.9 Å². The highest BCUT2D eigenvalue weighted by Crippen LogP contribution is 2.28. The fraction of sp³-hybridized carbons (Fsp3) is 0.400. The van der Waals surface area contributed by atoms with Crippen LogP contribution in [0.15, 0.2) is 30.7 Å². The lowest BCUT2D eigenvalue weighted by molar-refractivity contribution is -0.118. The highest BCUT2D eigenvalue weighted by molar-refractivity contribution is 6.08. The number of nitrogens with zero attached hydrogens (tertiary/aromatic N) is 2. The fourth-order valence-corrected chi connectivity index (χ4v) is 4.44. The number of hydrogen-bond donors (Lipinski definition) is 5. The number of carboxylic acid groups (broad SMARTS) is 1. The Morgan fingerprint density at radius 2 is 2.03 bits per heavy atom. The predicted molar refractivity (Wildman–Crippen MR) is 133 cm³/mol. The van der Waals surface area contributed by atoms with Crippen LogP contribution in [0.25, 0.3) is 11.0 Å². The molecule has 2 aromatic heterocycles. The molecule has 1 fully saturated rings. The van der Waals surface area contributed by atoms with Crippen LogP contribution < -0.4 is 21.1 Å². The molecule has 11 heteroatoms. The first kappa shape index (κ1) is 25.1. The van der Waals surface area contributed by atoms with E-state index in [0.29, 0.717) is 17.5 Å². The number of amides is 2. The number of carbonyl (C=O) groups excluding carboxylic acids is 2. The lowest BCUT2D eigenvalue weighted by atomic mass is 9.85. The Morgan fingerprint density at radius 3 is 2.72 bits per heavy atom. The van der Waals surface area contributed by atoms with Crippen molar-refractivity contribution in [2.24, 2.45) is 11.7 Å². The first-order valence-electron chi connectivity index (χ1n) is 12.0. The number of H-pyrrole nitrogens is 1. The number of carbonyl (C=O) groups is 3. The Morgan fingerprint density at radius 1 is 1.25 bits per heavy atom. The number of ether oxygens (including phenoxy) is 1. The zero-order valence-corrected chi connectivity index (χ0v) is 20.0. The van der Waals surface area contributed by atoms with Gasteiger partial charge in [0, 0.05) is 18.8 Å². The van der Waals surface area contributed by atoms with Crippen molar-refractivity contribution in [3.63, 3.8) is 0 Å². The number of fused-ring (bicyclic) bond motifs is 2. The monoisotopic (exact) mass is 494 g/mol. The summed E-state index contributed by atoms with van der Waals surface area (Å²) in [5.74, 6) is -0.481. The van der Waals surface area contributed by atoms with E-state index in [0.717, 1.165) is 17.8 Å². The van der Waals surface area contributed by atoms with E-state index >= 15 is 0 Å². The van der Waals surface area contributed by atoms with Gasteiger partial charge in [0.25, 0.3) is 11.8 Å². The second-order valence-corrected chi connectivity index (χ2v) is 9.06. The number of aromatic carboxylic acids is 1. The maximum absolute atomic E-state index is 12.5. The molecule has 1 aliphatic carbocycles. The maximum Gasteiger partial charge on any atom is 0.339 e. The molecule has 0 saturated heterocycles. The Labute approximate surface area is 207 Å². The predicted octanol–water partition coefficient (Wildman–Crippen LogP) is 2.83. The molecular formula is C25H30N6O5. The van der Waals surface area contributed by atoms with Crippen LogP contribution in [0.5, 0.6) is 5.75 Å². The molecule has 1 aliphatic heterocycles. The van der Waals surface area contributed by atoms with Crippen LogP contribution in [0.3, 0.4) is 0 Å². The molecule has 5 rings (SSSR count). The molecule has 0 spiro atoms. The summed E-state index contributed by atoms with van der Waals surface area (Å²) in [6.07, 6.45) is 9.41. The Bertz CT molecular complexity index is 1270. The van der Waals surface area contributed by atoms with Gasteiger partial charge in [-0.1, -0.05) is 25.3 Å². The number of carboxylic acids is 1. The van der Waals surface area contributed by atoms with Gasteiger partial charge in [-0.25, -0.2) is 14.8 Å². The standard InChI is InChI=1S/C17H13N5O5.C8H17N/c23-12-6-27-11-2-1-8(3-10(11)22-12)4-19-16(24)15-14-13(20-7-21-15)9(5-18-14)17(25)26;1-7(9)8-5-3-2-4-6-8/h1-3,5,7,18H,4,6H2,(H,19,24)(H,22,23)(H,25,26);7-8H,2-6,9H2,1H3/t;7-/m.0/s1. The van der Waals surface area contributed by atoms with Gasteiger partial charge < -0.3 is 31.2 Å². The Kier molecular flexibility index (Phi) is 7.79. The lowest BCUT2D eigenvalue weighted by Gasteiger charge is -2.24. The second kappa shape index (κ2) is 11.2. The number of benzene rings is 1. The quantitative estimate of drug-likeness (QED) is 0.360. The van der Waals surface area contributed by atoms with Gasteiger partial charge in [0.2, 0.25) is 0 Å². The van der Waals surface area contributed by atoms with E-state index in [1.165, 1.54) is 38.3 Å². The normalized spacial score (nSPS) is 16.1. The largest absolute Gasteiger partial charge is 0.482 e. The van der Waals surface area contributed by atoms with E-state index in [1.807, 2.05) is 0 Å². The van der Waals surface area contributed by atoms with Gasteiger partial charge in [-0.05, 0) is 43.4 Å². The molecule has 3 aromatic rings. The van der Waals surface area contributed by atoms with Gasteiger partial charge in [-0.2, -0.15) is 0 Å². The van der Waals surface area contributed by atoms with Gasteiger partial charge in [-0.15, -0.1) is 0 Å². The topological polar surface area (TPSA) is 172 Å². The molecule has 1 aromatic carbocycles. The molecular weight excluding hydrogens is 464 g/mol. The zero-order chi connectivity index (χ0) is 25.7. The van der Waals surface area contributed by atoms with E-state index in [-0.39, 0.29) is 41.3 Å². The molecule has 0 bridgehead atoms. The number of rotatable bonds is 5. The number of nitrogens with one attached hydrogen (secondary N) is 3. The Balaban J connectivity index is 0.000000286. The van der Waals surface area contributed by atoms with Crippen molar-refractivity contribution in [2.45, 2.75) is 51.6 Å². The van der Waals surface area contributed by atoms with Crippen LogP contribution in [-0.2, 0) is 11.3 Å². The molecule has 6 N–H and O–H groups in total. The summed E-state index contributed by atoms with van der Waals surface area (Å²) in [5.41, 5.74) is 7.47. The first-order valence-corrected chi connectivity index (χ1v) is 12.0. The summed E-state index contributed by atoms with van der Waals surface area (Å²) < 4.78 is 5.29. The summed E-state index contributed by atoms with van der Waals surface area (Å²) in [4.78, 5) is 45.7. The number of anilines is 1. The number of aromatic nitrogens is 3. The minimum Gasteiger partial charge on any atom is -0.482 e. The highest BCUT2D eigenvalue weighted by atomic mass is 16.5. The van der Waals surface area contributed by atoms with E-state index in [2.05, 4.69) is 32.5 Å². The summed E-state index contributed by atoms with van der Waals surface area (Å²) in [6, 6.07) is 5.62. The molecule has 1 saturated carbocycles. The van der Waals surface area contributed by atoms with E-state index in [1.54, 1.807) is 18.2 Å². The third-order valence-corrected chi connectivity index (χ3v) is 6.43. The lowest BCUT2D eigenvalue weighted by Crippen LogP contribution is -2.27. The van der Waals surface area contributed by atoms with Gasteiger partial charge in [0.15, 0.2) is 12.3 Å². The van der Waals surface area contributed by atoms with Crippen molar-refractivity contribution in [3.05, 3.63) is 47.5 Å². The highest BCUT2D eigenvalue weighted by Gasteiger charge is 2.20.